The maximum Gasteiger partial charge on any atom is 0.124 e. The van der Waals surface area contributed by atoms with Crippen molar-refractivity contribution in [1.82, 2.24) is 4.90 Å². The number of aliphatic hydroxyl groups excluding tert-OH is 1. The van der Waals surface area contributed by atoms with Crippen LogP contribution in [-0.2, 0) is 11.3 Å². The van der Waals surface area contributed by atoms with Crippen LogP contribution in [0, 0.1) is 5.82 Å². The summed E-state index contributed by atoms with van der Waals surface area (Å²) in [5, 5.41) is 9.71. The first-order valence-corrected chi connectivity index (χ1v) is 6.72. The van der Waals surface area contributed by atoms with Gasteiger partial charge in [0.1, 0.15) is 5.82 Å². The summed E-state index contributed by atoms with van der Waals surface area (Å²) >= 11 is 6.04. The molecule has 1 fully saturated rings. The van der Waals surface area contributed by atoms with Crippen LogP contribution in [0.3, 0.4) is 0 Å². The van der Waals surface area contributed by atoms with Gasteiger partial charge in [-0.2, -0.15) is 0 Å². The molecule has 106 valence electrons. The maximum absolute atomic E-state index is 13.0. The first kappa shape index (κ1) is 14.7. The van der Waals surface area contributed by atoms with E-state index in [-0.39, 0.29) is 24.1 Å². The number of ether oxygens (including phenoxy) is 1. The molecular formula is C14H19ClFNO2. The zero-order valence-electron chi connectivity index (χ0n) is 11.2. The van der Waals surface area contributed by atoms with E-state index < -0.39 is 0 Å². The number of halogens is 2. The lowest BCUT2D eigenvalue weighted by Crippen LogP contribution is -2.53. The van der Waals surface area contributed by atoms with Crippen molar-refractivity contribution in [2.75, 3.05) is 19.7 Å². The van der Waals surface area contributed by atoms with Gasteiger partial charge in [-0.15, -0.1) is 0 Å². The highest BCUT2D eigenvalue weighted by Crippen LogP contribution is 2.25. The topological polar surface area (TPSA) is 32.7 Å². The standard InChI is InChI=1S/C14H19ClFNO2/c1-14(2)9-17(7-12(8-18)19-14)6-10-3-4-11(16)5-13(10)15/h3-5,12,18H,6-9H2,1-2H3. The number of nitrogens with zero attached hydrogens (tertiary/aromatic N) is 1. The maximum atomic E-state index is 13.0. The molecule has 1 saturated heterocycles. The smallest absolute Gasteiger partial charge is 0.124 e. The van der Waals surface area contributed by atoms with Crippen molar-refractivity contribution in [3.8, 4) is 0 Å². The molecule has 0 spiro atoms. The van der Waals surface area contributed by atoms with E-state index in [0.29, 0.717) is 18.1 Å². The fourth-order valence-electron chi connectivity index (χ4n) is 2.52. The second-order valence-electron chi connectivity index (χ2n) is 5.59. The molecule has 0 amide bonds. The summed E-state index contributed by atoms with van der Waals surface area (Å²) in [6.07, 6.45) is -0.192. The predicted octanol–water partition coefficient (Wildman–Crippen LogP) is 2.45. The second-order valence-corrected chi connectivity index (χ2v) is 5.99. The Kier molecular flexibility index (Phi) is 4.46. The Hall–Kier alpha value is -0.680. The Bertz CT molecular complexity index is 453. The molecule has 0 saturated carbocycles. The van der Waals surface area contributed by atoms with Crippen LogP contribution in [0.1, 0.15) is 19.4 Å². The fraction of sp³-hybridized carbons (Fsp3) is 0.571. The zero-order valence-corrected chi connectivity index (χ0v) is 12.0. The van der Waals surface area contributed by atoms with E-state index in [0.717, 1.165) is 12.1 Å². The van der Waals surface area contributed by atoms with E-state index >= 15 is 0 Å². The van der Waals surface area contributed by atoms with Crippen LogP contribution >= 0.6 is 11.6 Å². The molecule has 19 heavy (non-hydrogen) atoms. The van der Waals surface area contributed by atoms with Crippen molar-refractivity contribution in [3.63, 3.8) is 0 Å². The van der Waals surface area contributed by atoms with Crippen LogP contribution < -0.4 is 0 Å². The molecule has 0 aromatic heterocycles. The Labute approximate surface area is 117 Å². The molecule has 1 aliphatic rings. The number of hydrogen-bond acceptors (Lipinski definition) is 3. The third-order valence-corrected chi connectivity index (χ3v) is 3.52. The highest BCUT2D eigenvalue weighted by molar-refractivity contribution is 6.31. The average molecular weight is 288 g/mol. The molecule has 0 radical (unpaired) electrons. The molecule has 0 bridgehead atoms. The Balaban J connectivity index is 2.09. The van der Waals surface area contributed by atoms with Crippen molar-refractivity contribution in [1.29, 1.82) is 0 Å². The Morgan fingerprint density at radius 1 is 1.53 bits per heavy atom. The number of benzene rings is 1. The van der Waals surface area contributed by atoms with Gasteiger partial charge in [0.2, 0.25) is 0 Å². The van der Waals surface area contributed by atoms with Gasteiger partial charge < -0.3 is 9.84 Å². The third kappa shape index (κ3) is 3.89. The average Bonchev–Trinajstić information content (AvgIpc) is 2.31. The number of morpholine rings is 1. The van der Waals surface area contributed by atoms with Gasteiger partial charge in [0.05, 0.1) is 18.3 Å². The van der Waals surface area contributed by atoms with Gasteiger partial charge in [-0.3, -0.25) is 4.90 Å². The van der Waals surface area contributed by atoms with Gasteiger partial charge in [0, 0.05) is 24.7 Å². The highest BCUT2D eigenvalue weighted by Gasteiger charge is 2.33. The minimum atomic E-state index is -0.329. The molecular weight excluding hydrogens is 269 g/mol. The van der Waals surface area contributed by atoms with Crippen LogP contribution in [0.4, 0.5) is 4.39 Å². The van der Waals surface area contributed by atoms with Crippen LogP contribution in [0.15, 0.2) is 18.2 Å². The molecule has 1 atom stereocenters. The van der Waals surface area contributed by atoms with Crippen LogP contribution in [0.25, 0.3) is 0 Å². The summed E-state index contributed by atoms with van der Waals surface area (Å²) < 4.78 is 18.8. The fourth-order valence-corrected chi connectivity index (χ4v) is 2.75. The van der Waals surface area contributed by atoms with Crippen molar-refractivity contribution in [3.05, 3.63) is 34.6 Å². The molecule has 1 aliphatic heterocycles. The molecule has 5 heteroatoms. The summed E-state index contributed by atoms with van der Waals surface area (Å²) in [6, 6.07) is 4.44. The van der Waals surface area contributed by atoms with Crippen LogP contribution in [0.5, 0.6) is 0 Å². The molecule has 1 aromatic carbocycles. The van der Waals surface area contributed by atoms with E-state index in [2.05, 4.69) is 4.90 Å². The molecule has 0 aliphatic carbocycles. The van der Waals surface area contributed by atoms with Crippen molar-refractivity contribution >= 4 is 11.6 Å². The monoisotopic (exact) mass is 287 g/mol. The zero-order chi connectivity index (χ0) is 14.0. The van der Waals surface area contributed by atoms with Gasteiger partial charge in [0.25, 0.3) is 0 Å². The van der Waals surface area contributed by atoms with Crippen LogP contribution in [0.2, 0.25) is 5.02 Å². The van der Waals surface area contributed by atoms with E-state index in [1.54, 1.807) is 6.07 Å². The van der Waals surface area contributed by atoms with Crippen LogP contribution in [-0.4, -0.2) is 41.4 Å². The minimum absolute atomic E-state index is 0.00290. The van der Waals surface area contributed by atoms with Crippen molar-refractivity contribution < 1.29 is 14.2 Å². The highest BCUT2D eigenvalue weighted by atomic mass is 35.5. The van der Waals surface area contributed by atoms with Gasteiger partial charge in [-0.05, 0) is 31.5 Å². The summed E-state index contributed by atoms with van der Waals surface area (Å²) in [6.45, 7) is 6.01. The summed E-state index contributed by atoms with van der Waals surface area (Å²) in [4.78, 5) is 2.17. The minimum Gasteiger partial charge on any atom is -0.394 e. The molecule has 1 N–H and O–H groups in total. The SMILES string of the molecule is CC1(C)CN(Cc2ccc(F)cc2Cl)CC(CO)O1. The van der Waals surface area contributed by atoms with E-state index in [1.165, 1.54) is 12.1 Å². The van der Waals surface area contributed by atoms with Crippen molar-refractivity contribution in [2.45, 2.75) is 32.1 Å². The number of rotatable bonds is 3. The normalized spacial score (nSPS) is 23.5. The summed E-state index contributed by atoms with van der Waals surface area (Å²) in [5.41, 5.74) is 0.579. The molecule has 1 heterocycles. The van der Waals surface area contributed by atoms with E-state index in [4.69, 9.17) is 16.3 Å². The molecule has 1 unspecified atom stereocenters. The Morgan fingerprint density at radius 2 is 2.26 bits per heavy atom. The molecule has 2 rings (SSSR count). The summed E-state index contributed by atoms with van der Waals surface area (Å²) in [7, 11) is 0. The number of hydrogen-bond donors (Lipinski definition) is 1. The van der Waals surface area contributed by atoms with E-state index in [9.17, 15) is 9.50 Å². The lowest BCUT2D eigenvalue weighted by atomic mass is 10.0. The van der Waals surface area contributed by atoms with Gasteiger partial charge in [-0.25, -0.2) is 4.39 Å². The van der Waals surface area contributed by atoms with E-state index in [1.807, 2.05) is 13.8 Å². The predicted molar refractivity (Wildman–Crippen MR) is 72.7 cm³/mol. The van der Waals surface area contributed by atoms with Gasteiger partial charge >= 0.3 is 0 Å². The van der Waals surface area contributed by atoms with Gasteiger partial charge in [0.15, 0.2) is 0 Å². The quantitative estimate of drug-likeness (QED) is 0.927. The lowest BCUT2D eigenvalue weighted by molar-refractivity contribution is -0.150. The van der Waals surface area contributed by atoms with Gasteiger partial charge in [-0.1, -0.05) is 17.7 Å². The third-order valence-electron chi connectivity index (χ3n) is 3.16. The number of aliphatic hydroxyl groups is 1. The van der Waals surface area contributed by atoms with Crippen molar-refractivity contribution in [2.24, 2.45) is 0 Å². The Morgan fingerprint density at radius 3 is 2.89 bits per heavy atom. The largest absolute Gasteiger partial charge is 0.394 e. The lowest BCUT2D eigenvalue weighted by Gasteiger charge is -2.42. The first-order valence-electron chi connectivity index (χ1n) is 6.34. The molecule has 3 nitrogen and oxygen atoms in total. The first-order chi connectivity index (χ1) is 8.89. The summed E-state index contributed by atoms with van der Waals surface area (Å²) in [5.74, 6) is -0.329. The second kappa shape index (κ2) is 5.75. The molecule has 1 aromatic rings.